The van der Waals surface area contributed by atoms with Crippen LogP contribution in [0.3, 0.4) is 0 Å². The van der Waals surface area contributed by atoms with Crippen molar-refractivity contribution < 1.29 is 19.0 Å². The van der Waals surface area contributed by atoms with Crippen molar-refractivity contribution in [3.8, 4) is 11.9 Å². The molecule has 0 radical (unpaired) electrons. The number of hydrogen-bond acceptors (Lipinski definition) is 10. The Morgan fingerprint density at radius 1 is 1.05 bits per heavy atom. The Labute approximate surface area is 254 Å². The van der Waals surface area contributed by atoms with Gasteiger partial charge in [0.1, 0.15) is 0 Å². The van der Waals surface area contributed by atoms with Crippen molar-refractivity contribution in [3.63, 3.8) is 0 Å². The minimum atomic E-state index is -0.350. The third-order valence-electron chi connectivity index (χ3n) is 6.63. The highest BCUT2D eigenvalue weighted by molar-refractivity contribution is 6.13. The molecule has 3 aromatic heterocycles. The number of methoxy groups -OCH3 is 2. The number of carbonyl (C=O) groups is 1. The Kier molecular flexibility index (Phi) is 12.9. The number of hydrogen-bond donors (Lipinski definition) is 2. The molecule has 1 atom stereocenters. The predicted octanol–water partition coefficient (Wildman–Crippen LogP) is 4.90. The van der Waals surface area contributed by atoms with E-state index in [0.29, 0.717) is 34.5 Å². The van der Waals surface area contributed by atoms with Crippen molar-refractivity contribution in [1.82, 2.24) is 29.7 Å². The zero-order valence-corrected chi connectivity index (χ0v) is 26.7. The number of ether oxygens (including phenoxy) is 3. The number of rotatable bonds is 5. The normalized spacial score (nSPS) is 15.8. The summed E-state index contributed by atoms with van der Waals surface area (Å²) in [6.45, 7) is 16.6. The fourth-order valence-electron chi connectivity index (χ4n) is 4.78. The largest absolute Gasteiger partial charge is 0.478 e. The smallest absolute Gasteiger partial charge is 0.316 e. The van der Waals surface area contributed by atoms with Crippen LogP contribution in [-0.2, 0) is 4.74 Å². The number of fused-ring (bicyclic) bond motifs is 2. The molecule has 43 heavy (non-hydrogen) atoms. The molecule has 2 fully saturated rings. The fraction of sp³-hybridized carbons (Fsp3) is 0.516. The van der Waals surface area contributed by atoms with E-state index in [4.69, 9.17) is 14.2 Å². The Morgan fingerprint density at radius 2 is 1.79 bits per heavy atom. The predicted molar refractivity (Wildman–Crippen MR) is 171 cm³/mol. The molecule has 0 spiro atoms. The molecule has 12 nitrogen and oxygen atoms in total. The summed E-state index contributed by atoms with van der Waals surface area (Å²) in [5, 5.41) is 7.10. The molecule has 4 aromatic rings. The summed E-state index contributed by atoms with van der Waals surface area (Å²) >= 11 is 0. The minimum absolute atomic E-state index is 0.197. The zero-order valence-electron chi connectivity index (χ0n) is 26.7. The SMILES string of the molecule is C1CCOC1.CC.CC.COc1ncc2c(N3CCNC(C)C3)ccc(C(=O)Nc3cn4cc(C)nc4c(OC)n3)c2n1. The first-order valence-corrected chi connectivity index (χ1v) is 15.1. The monoisotopic (exact) mass is 594 g/mol. The van der Waals surface area contributed by atoms with Crippen molar-refractivity contribution in [1.29, 1.82) is 0 Å². The highest BCUT2D eigenvalue weighted by Crippen LogP contribution is 2.30. The lowest BCUT2D eigenvalue weighted by Crippen LogP contribution is -2.49. The first-order valence-electron chi connectivity index (χ1n) is 15.1. The summed E-state index contributed by atoms with van der Waals surface area (Å²) in [5.41, 5.74) is 3.29. The standard InChI is InChI=1S/C23H26N8O3.C4H8O.2C2H6/c1-13-10-30(8-7-24-13)17-6-5-15(19-16(17)9-25-23(29-19)34-4)21(32)27-18-12-31-11-14(2)26-20(31)22(28-18)33-3;1-2-4-5-3-1;2*1-2/h5-6,9,11-13,24H,7-8,10H2,1-4H3,(H,27,32);1-4H2;2*1-2H3. The first kappa shape index (κ1) is 33.5. The number of imidazole rings is 1. The molecular formula is C31H46N8O4. The van der Waals surface area contributed by atoms with Crippen LogP contribution in [0.25, 0.3) is 16.6 Å². The van der Waals surface area contributed by atoms with Crippen LogP contribution in [0.2, 0.25) is 0 Å². The summed E-state index contributed by atoms with van der Waals surface area (Å²) in [4.78, 5) is 33.3. The number of carbonyl (C=O) groups excluding carboxylic acids is 1. The van der Waals surface area contributed by atoms with Crippen LogP contribution >= 0.6 is 0 Å². The number of aromatic nitrogens is 5. The Bertz CT molecular complexity index is 1460. The van der Waals surface area contributed by atoms with Crippen LogP contribution in [0.15, 0.2) is 30.7 Å². The summed E-state index contributed by atoms with van der Waals surface area (Å²) < 4.78 is 17.3. The summed E-state index contributed by atoms with van der Waals surface area (Å²) in [7, 11) is 3.02. The lowest BCUT2D eigenvalue weighted by Gasteiger charge is -2.34. The minimum Gasteiger partial charge on any atom is -0.478 e. The highest BCUT2D eigenvalue weighted by atomic mass is 16.5. The van der Waals surface area contributed by atoms with Crippen LogP contribution in [-0.4, -0.2) is 83.4 Å². The molecular weight excluding hydrogens is 548 g/mol. The number of anilines is 2. The maximum atomic E-state index is 13.4. The number of piperazine rings is 1. The van der Waals surface area contributed by atoms with E-state index >= 15 is 0 Å². The molecule has 5 heterocycles. The third kappa shape index (κ3) is 8.29. The Morgan fingerprint density at radius 3 is 2.42 bits per heavy atom. The average Bonchev–Trinajstić information content (AvgIpc) is 3.75. The molecule has 1 unspecified atom stereocenters. The van der Waals surface area contributed by atoms with Crippen LogP contribution in [0.5, 0.6) is 11.9 Å². The summed E-state index contributed by atoms with van der Waals surface area (Å²) in [5.74, 6) is 0.306. The zero-order chi connectivity index (χ0) is 31.4. The van der Waals surface area contributed by atoms with Gasteiger partial charge < -0.3 is 29.7 Å². The van der Waals surface area contributed by atoms with Gasteiger partial charge in [-0.2, -0.15) is 9.97 Å². The van der Waals surface area contributed by atoms with E-state index in [1.165, 1.54) is 27.1 Å². The van der Waals surface area contributed by atoms with E-state index in [9.17, 15) is 4.79 Å². The topological polar surface area (TPSA) is 128 Å². The van der Waals surface area contributed by atoms with Crippen LogP contribution in [0.4, 0.5) is 11.5 Å². The number of benzene rings is 1. The number of amides is 1. The highest BCUT2D eigenvalue weighted by Gasteiger charge is 2.22. The number of aryl methyl sites for hydroxylation is 1. The van der Waals surface area contributed by atoms with Gasteiger partial charge in [0, 0.05) is 62.4 Å². The van der Waals surface area contributed by atoms with Crippen molar-refractivity contribution in [2.45, 2.75) is 60.4 Å². The van der Waals surface area contributed by atoms with E-state index in [0.717, 1.165) is 49.6 Å². The van der Waals surface area contributed by atoms with Gasteiger partial charge in [0.15, 0.2) is 5.82 Å². The van der Waals surface area contributed by atoms with Gasteiger partial charge in [0.2, 0.25) is 5.65 Å². The lowest BCUT2D eigenvalue weighted by molar-refractivity contribution is 0.102. The van der Waals surface area contributed by atoms with E-state index < -0.39 is 0 Å². The molecule has 1 amide bonds. The molecule has 2 N–H and O–H groups in total. The first-order chi connectivity index (χ1) is 21.0. The summed E-state index contributed by atoms with van der Waals surface area (Å²) in [6, 6.07) is 4.28. The van der Waals surface area contributed by atoms with E-state index in [1.807, 2.05) is 46.9 Å². The van der Waals surface area contributed by atoms with Gasteiger partial charge in [-0.3, -0.25) is 9.20 Å². The molecule has 2 aliphatic heterocycles. The second-order valence-corrected chi connectivity index (χ2v) is 9.57. The van der Waals surface area contributed by atoms with Crippen LogP contribution in [0, 0.1) is 6.92 Å². The fourth-order valence-corrected chi connectivity index (χ4v) is 4.78. The second-order valence-electron chi connectivity index (χ2n) is 9.57. The number of nitrogens with zero attached hydrogens (tertiary/aromatic N) is 6. The average molecular weight is 595 g/mol. The van der Waals surface area contributed by atoms with Crippen molar-refractivity contribution in [2.24, 2.45) is 0 Å². The van der Waals surface area contributed by atoms with Gasteiger partial charge in [-0.1, -0.05) is 27.7 Å². The molecule has 0 saturated carbocycles. The van der Waals surface area contributed by atoms with Gasteiger partial charge in [-0.05, 0) is 38.8 Å². The van der Waals surface area contributed by atoms with Gasteiger partial charge >= 0.3 is 6.01 Å². The van der Waals surface area contributed by atoms with Crippen molar-refractivity contribution in [2.75, 3.05) is 57.3 Å². The molecule has 6 rings (SSSR count). The molecule has 234 valence electrons. The molecule has 2 saturated heterocycles. The molecule has 12 heteroatoms. The third-order valence-corrected chi connectivity index (χ3v) is 6.63. The van der Waals surface area contributed by atoms with E-state index in [1.54, 1.807) is 22.9 Å². The van der Waals surface area contributed by atoms with Gasteiger partial charge in [0.25, 0.3) is 11.8 Å². The van der Waals surface area contributed by atoms with Crippen molar-refractivity contribution in [3.05, 3.63) is 42.0 Å². The lowest BCUT2D eigenvalue weighted by atomic mass is 10.1. The van der Waals surface area contributed by atoms with Crippen LogP contribution in [0.1, 0.15) is 63.5 Å². The quantitative estimate of drug-likeness (QED) is 0.329. The van der Waals surface area contributed by atoms with E-state index in [2.05, 4.69) is 42.4 Å². The van der Waals surface area contributed by atoms with Crippen molar-refractivity contribution >= 4 is 34.0 Å². The Balaban J connectivity index is 0.000000495. The van der Waals surface area contributed by atoms with Gasteiger partial charge in [0.05, 0.1) is 37.2 Å². The second kappa shape index (κ2) is 16.6. The molecule has 0 aliphatic carbocycles. The maximum absolute atomic E-state index is 13.4. The molecule has 1 aromatic carbocycles. The van der Waals surface area contributed by atoms with Gasteiger partial charge in [-0.25, -0.2) is 9.97 Å². The Hall–Kier alpha value is -4.03. The maximum Gasteiger partial charge on any atom is 0.316 e. The number of nitrogens with one attached hydrogen (secondary N) is 2. The van der Waals surface area contributed by atoms with E-state index in [-0.39, 0.29) is 11.9 Å². The molecule has 2 aliphatic rings. The van der Waals surface area contributed by atoms with Gasteiger partial charge in [-0.15, -0.1) is 0 Å². The van der Waals surface area contributed by atoms with Crippen LogP contribution < -0.4 is 25.0 Å². The summed E-state index contributed by atoms with van der Waals surface area (Å²) in [6.07, 6.45) is 7.80. The molecule has 0 bridgehead atoms.